The fourth-order valence-electron chi connectivity index (χ4n) is 1.77. The standard InChI is InChI=1S/C13H15NO2/c1-14(8-10-6-7-10)13(16)12-5-3-2-4-11(12)9-15/h2-5,9-10H,6-8H2,1H3. The van der Waals surface area contributed by atoms with E-state index in [4.69, 9.17) is 0 Å². The van der Waals surface area contributed by atoms with Gasteiger partial charge in [0.25, 0.3) is 5.91 Å². The van der Waals surface area contributed by atoms with Crippen molar-refractivity contribution in [3.8, 4) is 0 Å². The van der Waals surface area contributed by atoms with Crippen LogP contribution in [0.3, 0.4) is 0 Å². The van der Waals surface area contributed by atoms with Crippen LogP contribution in [0.2, 0.25) is 0 Å². The van der Waals surface area contributed by atoms with Gasteiger partial charge in [0.15, 0.2) is 6.29 Å². The molecule has 0 spiro atoms. The third-order valence-corrected chi connectivity index (χ3v) is 2.89. The number of hydrogen-bond donors (Lipinski definition) is 0. The summed E-state index contributed by atoms with van der Waals surface area (Å²) in [6.45, 7) is 0.798. The van der Waals surface area contributed by atoms with Crippen LogP contribution < -0.4 is 0 Å². The lowest BCUT2D eigenvalue weighted by Crippen LogP contribution is -2.29. The highest BCUT2D eigenvalue weighted by molar-refractivity contribution is 6.01. The Morgan fingerprint density at radius 2 is 2.12 bits per heavy atom. The quantitative estimate of drug-likeness (QED) is 0.723. The van der Waals surface area contributed by atoms with Crippen molar-refractivity contribution < 1.29 is 9.59 Å². The van der Waals surface area contributed by atoms with Crippen LogP contribution in [0.1, 0.15) is 33.6 Å². The van der Waals surface area contributed by atoms with Crippen LogP contribution in [0.15, 0.2) is 24.3 Å². The summed E-state index contributed by atoms with van der Waals surface area (Å²) in [5.74, 6) is 0.604. The van der Waals surface area contributed by atoms with Gasteiger partial charge < -0.3 is 4.90 Å². The predicted octanol–water partition coefficient (Wildman–Crippen LogP) is 1.98. The van der Waals surface area contributed by atoms with Crippen molar-refractivity contribution in [2.24, 2.45) is 5.92 Å². The molecule has 1 aliphatic carbocycles. The SMILES string of the molecule is CN(CC1CC1)C(=O)c1ccccc1C=O. The Morgan fingerprint density at radius 3 is 2.75 bits per heavy atom. The first-order chi connectivity index (χ1) is 7.72. The van der Waals surface area contributed by atoms with Crippen molar-refractivity contribution in [2.45, 2.75) is 12.8 Å². The van der Waals surface area contributed by atoms with Gasteiger partial charge >= 0.3 is 0 Å². The van der Waals surface area contributed by atoms with Crippen LogP contribution in [0.25, 0.3) is 0 Å². The molecule has 0 heterocycles. The third-order valence-electron chi connectivity index (χ3n) is 2.89. The fourth-order valence-corrected chi connectivity index (χ4v) is 1.77. The second kappa shape index (κ2) is 4.47. The average Bonchev–Trinajstić information content (AvgIpc) is 3.11. The number of hydrogen-bond acceptors (Lipinski definition) is 2. The Kier molecular flexibility index (Phi) is 3.04. The third kappa shape index (κ3) is 2.30. The molecular formula is C13H15NO2. The molecule has 1 aromatic rings. The number of rotatable bonds is 4. The van der Waals surface area contributed by atoms with E-state index < -0.39 is 0 Å². The first kappa shape index (κ1) is 10.9. The summed E-state index contributed by atoms with van der Waals surface area (Å²) < 4.78 is 0. The monoisotopic (exact) mass is 217 g/mol. The van der Waals surface area contributed by atoms with E-state index in [2.05, 4.69) is 0 Å². The van der Waals surface area contributed by atoms with Crippen LogP contribution in [0, 0.1) is 5.92 Å². The lowest BCUT2D eigenvalue weighted by atomic mass is 10.1. The molecule has 1 fully saturated rings. The summed E-state index contributed by atoms with van der Waals surface area (Å²) in [6.07, 6.45) is 3.16. The molecule has 0 unspecified atom stereocenters. The van der Waals surface area contributed by atoms with E-state index in [0.29, 0.717) is 17.0 Å². The van der Waals surface area contributed by atoms with Crippen molar-refractivity contribution in [1.29, 1.82) is 0 Å². The molecule has 0 aliphatic heterocycles. The van der Waals surface area contributed by atoms with Gasteiger partial charge in [-0.2, -0.15) is 0 Å². The average molecular weight is 217 g/mol. The minimum Gasteiger partial charge on any atom is -0.341 e. The van der Waals surface area contributed by atoms with Gasteiger partial charge in [-0.3, -0.25) is 9.59 Å². The molecule has 1 aromatic carbocycles. The van der Waals surface area contributed by atoms with Crippen LogP contribution in [-0.4, -0.2) is 30.7 Å². The number of carbonyl (C=O) groups excluding carboxylic acids is 2. The van der Waals surface area contributed by atoms with E-state index in [1.165, 1.54) is 12.8 Å². The molecule has 84 valence electrons. The maximum atomic E-state index is 12.1. The molecule has 0 atom stereocenters. The molecule has 1 saturated carbocycles. The van der Waals surface area contributed by atoms with Crippen LogP contribution in [0.4, 0.5) is 0 Å². The number of aldehydes is 1. The Labute approximate surface area is 95.1 Å². The van der Waals surface area contributed by atoms with Gasteiger partial charge in [-0.15, -0.1) is 0 Å². The number of nitrogens with zero attached hydrogens (tertiary/aromatic N) is 1. The van der Waals surface area contributed by atoms with Gasteiger partial charge in [-0.25, -0.2) is 0 Å². The highest BCUT2D eigenvalue weighted by Gasteiger charge is 2.25. The van der Waals surface area contributed by atoms with Crippen LogP contribution in [0.5, 0.6) is 0 Å². The lowest BCUT2D eigenvalue weighted by molar-refractivity contribution is 0.0785. The Balaban J connectivity index is 2.14. The molecule has 16 heavy (non-hydrogen) atoms. The Hall–Kier alpha value is -1.64. The van der Waals surface area contributed by atoms with E-state index in [1.807, 2.05) is 0 Å². The predicted molar refractivity (Wildman–Crippen MR) is 61.5 cm³/mol. The highest BCUT2D eigenvalue weighted by atomic mass is 16.2. The lowest BCUT2D eigenvalue weighted by Gasteiger charge is -2.17. The first-order valence-electron chi connectivity index (χ1n) is 5.52. The molecule has 0 saturated heterocycles. The fraction of sp³-hybridized carbons (Fsp3) is 0.385. The normalized spacial score (nSPS) is 14.6. The van der Waals surface area contributed by atoms with Gasteiger partial charge in [0.2, 0.25) is 0 Å². The van der Waals surface area contributed by atoms with Gasteiger partial charge in [-0.1, -0.05) is 18.2 Å². The van der Waals surface area contributed by atoms with Gasteiger partial charge in [0, 0.05) is 19.2 Å². The summed E-state index contributed by atoms with van der Waals surface area (Å²) in [7, 11) is 1.79. The second-order valence-corrected chi connectivity index (χ2v) is 4.33. The molecule has 1 amide bonds. The minimum atomic E-state index is -0.0606. The minimum absolute atomic E-state index is 0.0606. The van der Waals surface area contributed by atoms with Gasteiger partial charge in [0.05, 0.1) is 5.56 Å². The van der Waals surface area contributed by atoms with E-state index in [1.54, 1.807) is 36.2 Å². The second-order valence-electron chi connectivity index (χ2n) is 4.33. The molecule has 3 heteroatoms. The van der Waals surface area contributed by atoms with E-state index in [0.717, 1.165) is 12.8 Å². The van der Waals surface area contributed by atoms with Crippen molar-refractivity contribution in [2.75, 3.05) is 13.6 Å². The van der Waals surface area contributed by atoms with Gasteiger partial charge in [-0.05, 0) is 24.8 Å². The van der Waals surface area contributed by atoms with E-state index in [-0.39, 0.29) is 5.91 Å². The molecule has 0 radical (unpaired) electrons. The zero-order valence-corrected chi connectivity index (χ0v) is 9.35. The smallest absolute Gasteiger partial charge is 0.254 e. The zero-order chi connectivity index (χ0) is 11.5. The molecular weight excluding hydrogens is 202 g/mol. The summed E-state index contributed by atoms with van der Waals surface area (Å²) >= 11 is 0. The van der Waals surface area contributed by atoms with Crippen LogP contribution >= 0.6 is 0 Å². The summed E-state index contributed by atoms with van der Waals surface area (Å²) in [4.78, 5) is 24.6. The topological polar surface area (TPSA) is 37.4 Å². The molecule has 3 nitrogen and oxygen atoms in total. The molecule has 0 N–H and O–H groups in total. The maximum absolute atomic E-state index is 12.1. The van der Waals surface area contributed by atoms with Crippen molar-refractivity contribution in [3.63, 3.8) is 0 Å². The zero-order valence-electron chi connectivity index (χ0n) is 9.35. The largest absolute Gasteiger partial charge is 0.341 e. The van der Waals surface area contributed by atoms with E-state index in [9.17, 15) is 9.59 Å². The Bertz CT molecular complexity index is 410. The van der Waals surface area contributed by atoms with Crippen molar-refractivity contribution in [3.05, 3.63) is 35.4 Å². The first-order valence-corrected chi connectivity index (χ1v) is 5.52. The van der Waals surface area contributed by atoms with Crippen molar-refractivity contribution >= 4 is 12.2 Å². The number of amides is 1. The molecule has 0 aromatic heterocycles. The number of benzene rings is 1. The Morgan fingerprint density at radius 1 is 1.44 bits per heavy atom. The molecule has 2 rings (SSSR count). The molecule has 1 aliphatic rings. The van der Waals surface area contributed by atoms with Crippen LogP contribution in [-0.2, 0) is 0 Å². The summed E-state index contributed by atoms with van der Waals surface area (Å²) in [6, 6.07) is 6.92. The number of carbonyl (C=O) groups is 2. The van der Waals surface area contributed by atoms with Gasteiger partial charge in [0.1, 0.15) is 0 Å². The summed E-state index contributed by atoms with van der Waals surface area (Å²) in [5, 5.41) is 0. The highest BCUT2D eigenvalue weighted by Crippen LogP contribution is 2.29. The summed E-state index contributed by atoms with van der Waals surface area (Å²) in [5.41, 5.74) is 0.968. The van der Waals surface area contributed by atoms with E-state index >= 15 is 0 Å². The van der Waals surface area contributed by atoms with Crippen molar-refractivity contribution in [1.82, 2.24) is 4.90 Å². The molecule has 0 bridgehead atoms. The maximum Gasteiger partial charge on any atom is 0.254 e.